The predicted octanol–water partition coefficient (Wildman–Crippen LogP) is 3.23. The highest BCUT2D eigenvalue weighted by atomic mass is 16.5. The highest BCUT2D eigenvalue weighted by Crippen LogP contribution is 2.37. The maximum atomic E-state index is 6.08. The van der Waals surface area contributed by atoms with E-state index < -0.39 is 0 Å². The number of hydrogen-bond acceptors (Lipinski definition) is 4. The van der Waals surface area contributed by atoms with E-state index in [0.717, 1.165) is 18.7 Å². The quantitative estimate of drug-likeness (QED) is 0.936. The van der Waals surface area contributed by atoms with E-state index in [-0.39, 0.29) is 17.9 Å². The van der Waals surface area contributed by atoms with E-state index in [9.17, 15) is 0 Å². The SMILES string of the molecule is CC(C)C(c1nc(C2CCc3ccccc32)no1)C(C)N. The van der Waals surface area contributed by atoms with Crippen molar-refractivity contribution < 1.29 is 4.52 Å². The Morgan fingerprint density at radius 1 is 1.24 bits per heavy atom. The number of benzene rings is 1. The number of rotatable bonds is 4. The molecule has 0 radical (unpaired) electrons. The Balaban J connectivity index is 1.89. The fraction of sp³-hybridized carbons (Fsp3) is 0.529. The van der Waals surface area contributed by atoms with Crippen LogP contribution < -0.4 is 5.73 Å². The minimum atomic E-state index is 0.00849. The van der Waals surface area contributed by atoms with Gasteiger partial charge in [0.05, 0.1) is 5.92 Å². The molecular formula is C17H23N3O. The highest BCUT2D eigenvalue weighted by molar-refractivity contribution is 5.38. The Morgan fingerprint density at radius 3 is 2.71 bits per heavy atom. The van der Waals surface area contributed by atoms with Crippen LogP contribution in [0.3, 0.4) is 0 Å². The zero-order valence-corrected chi connectivity index (χ0v) is 12.9. The Kier molecular flexibility index (Phi) is 3.81. The molecular weight excluding hydrogens is 262 g/mol. The lowest BCUT2D eigenvalue weighted by Gasteiger charge is -2.20. The normalized spacial score (nSPS) is 20.5. The van der Waals surface area contributed by atoms with Crippen LogP contribution in [-0.4, -0.2) is 16.2 Å². The number of aryl methyl sites for hydroxylation is 1. The van der Waals surface area contributed by atoms with Gasteiger partial charge in [0.25, 0.3) is 0 Å². The second-order valence-electron chi connectivity index (χ2n) is 6.41. The molecule has 2 aromatic rings. The number of fused-ring (bicyclic) bond motifs is 1. The van der Waals surface area contributed by atoms with Crippen molar-refractivity contribution in [2.45, 2.75) is 51.5 Å². The van der Waals surface area contributed by atoms with Gasteiger partial charge in [-0.2, -0.15) is 4.98 Å². The third-order valence-corrected chi connectivity index (χ3v) is 4.47. The standard InChI is InChI=1S/C17H23N3O/c1-10(2)15(11(3)18)17-19-16(20-21-17)14-9-8-12-6-4-5-7-13(12)14/h4-7,10-11,14-15H,8-9,18H2,1-3H3. The molecule has 4 nitrogen and oxygen atoms in total. The van der Waals surface area contributed by atoms with Crippen molar-refractivity contribution in [1.29, 1.82) is 0 Å². The van der Waals surface area contributed by atoms with Crippen LogP contribution in [0.4, 0.5) is 0 Å². The second-order valence-corrected chi connectivity index (χ2v) is 6.41. The van der Waals surface area contributed by atoms with Crippen LogP contribution in [0.1, 0.15) is 61.9 Å². The first-order valence-electron chi connectivity index (χ1n) is 7.74. The van der Waals surface area contributed by atoms with Gasteiger partial charge in [-0.05, 0) is 36.8 Å². The molecule has 1 aromatic carbocycles. The summed E-state index contributed by atoms with van der Waals surface area (Å²) in [7, 11) is 0. The van der Waals surface area contributed by atoms with Crippen molar-refractivity contribution in [3.05, 3.63) is 47.1 Å². The third-order valence-electron chi connectivity index (χ3n) is 4.47. The summed E-state index contributed by atoms with van der Waals surface area (Å²) < 4.78 is 5.54. The molecule has 0 saturated heterocycles. The average molecular weight is 285 g/mol. The first-order chi connectivity index (χ1) is 10.1. The van der Waals surface area contributed by atoms with Crippen LogP contribution in [0.25, 0.3) is 0 Å². The van der Waals surface area contributed by atoms with E-state index in [1.54, 1.807) is 0 Å². The fourth-order valence-corrected chi connectivity index (χ4v) is 3.47. The predicted molar refractivity (Wildman–Crippen MR) is 82.1 cm³/mol. The number of nitrogens with two attached hydrogens (primary N) is 1. The summed E-state index contributed by atoms with van der Waals surface area (Å²) in [4.78, 5) is 4.68. The summed E-state index contributed by atoms with van der Waals surface area (Å²) in [5.41, 5.74) is 8.82. The summed E-state index contributed by atoms with van der Waals surface area (Å²) in [6, 6.07) is 8.54. The Hall–Kier alpha value is -1.68. The minimum Gasteiger partial charge on any atom is -0.339 e. The molecule has 0 spiro atoms. The van der Waals surface area contributed by atoms with E-state index in [2.05, 4.69) is 48.3 Å². The van der Waals surface area contributed by atoms with Gasteiger partial charge in [-0.1, -0.05) is 43.3 Å². The van der Waals surface area contributed by atoms with Crippen molar-refractivity contribution in [3.8, 4) is 0 Å². The molecule has 1 aromatic heterocycles. The molecule has 0 bridgehead atoms. The van der Waals surface area contributed by atoms with Gasteiger partial charge >= 0.3 is 0 Å². The van der Waals surface area contributed by atoms with Gasteiger partial charge in [-0.3, -0.25) is 0 Å². The van der Waals surface area contributed by atoms with Crippen molar-refractivity contribution in [2.75, 3.05) is 0 Å². The van der Waals surface area contributed by atoms with Gasteiger partial charge in [-0.25, -0.2) is 0 Å². The van der Waals surface area contributed by atoms with E-state index in [1.165, 1.54) is 11.1 Å². The summed E-state index contributed by atoms with van der Waals surface area (Å²) in [5, 5.41) is 4.24. The maximum absolute atomic E-state index is 6.08. The van der Waals surface area contributed by atoms with Crippen molar-refractivity contribution >= 4 is 0 Å². The molecule has 112 valence electrons. The third kappa shape index (κ3) is 2.60. The molecule has 0 amide bonds. The summed E-state index contributed by atoms with van der Waals surface area (Å²) in [5.74, 6) is 2.25. The van der Waals surface area contributed by atoms with Crippen molar-refractivity contribution in [3.63, 3.8) is 0 Å². The maximum Gasteiger partial charge on any atom is 0.231 e. The monoisotopic (exact) mass is 285 g/mol. The van der Waals surface area contributed by atoms with Gasteiger partial charge in [-0.15, -0.1) is 0 Å². The van der Waals surface area contributed by atoms with Gasteiger partial charge in [0.15, 0.2) is 5.82 Å². The van der Waals surface area contributed by atoms with Gasteiger partial charge in [0, 0.05) is 12.0 Å². The van der Waals surface area contributed by atoms with E-state index in [4.69, 9.17) is 10.3 Å². The number of aromatic nitrogens is 2. The molecule has 1 aliphatic rings. The van der Waals surface area contributed by atoms with Gasteiger partial charge in [0.2, 0.25) is 5.89 Å². The van der Waals surface area contributed by atoms with Crippen LogP contribution in [0.15, 0.2) is 28.8 Å². The molecule has 3 rings (SSSR count). The van der Waals surface area contributed by atoms with Crippen LogP contribution in [-0.2, 0) is 6.42 Å². The fourth-order valence-electron chi connectivity index (χ4n) is 3.47. The Bertz CT molecular complexity index is 610. The molecule has 0 saturated carbocycles. The lowest BCUT2D eigenvalue weighted by molar-refractivity contribution is 0.298. The largest absolute Gasteiger partial charge is 0.339 e. The number of nitrogens with zero attached hydrogens (tertiary/aromatic N) is 2. The van der Waals surface area contributed by atoms with E-state index >= 15 is 0 Å². The first kappa shape index (κ1) is 14.3. The second kappa shape index (κ2) is 5.60. The molecule has 2 N–H and O–H groups in total. The zero-order chi connectivity index (χ0) is 15.0. The number of hydrogen-bond donors (Lipinski definition) is 1. The van der Waals surface area contributed by atoms with Gasteiger partial charge < -0.3 is 10.3 Å². The topological polar surface area (TPSA) is 64.9 Å². The summed E-state index contributed by atoms with van der Waals surface area (Å²) >= 11 is 0. The molecule has 4 heteroatoms. The van der Waals surface area contributed by atoms with E-state index in [1.807, 2.05) is 6.92 Å². The zero-order valence-electron chi connectivity index (χ0n) is 12.9. The summed E-state index contributed by atoms with van der Waals surface area (Å²) in [6.07, 6.45) is 2.15. The molecule has 0 aliphatic heterocycles. The van der Waals surface area contributed by atoms with Gasteiger partial charge in [0.1, 0.15) is 0 Å². The van der Waals surface area contributed by atoms with Crippen molar-refractivity contribution in [2.24, 2.45) is 11.7 Å². The highest BCUT2D eigenvalue weighted by Gasteiger charge is 2.31. The first-order valence-corrected chi connectivity index (χ1v) is 7.74. The van der Waals surface area contributed by atoms with E-state index in [0.29, 0.717) is 11.8 Å². The smallest absolute Gasteiger partial charge is 0.231 e. The molecule has 21 heavy (non-hydrogen) atoms. The summed E-state index contributed by atoms with van der Waals surface area (Å²) in [6.45, 7) is 6.28. The Morgan fingerprint density at radius 2 is 2.00 bits per heavy atom. The molecule has 1 heterocycles. The molecule has 3 atom stereocenters. The minimum absolute atomic E-state index is 0.00849. The molecule has 0 fully saturated rings. The lowest BCUT2D eigenvalue weighted by atomic mass is 9.89. The van der Waals surface area contributed by atoms with Crippen LogP contribution in [0.5, 0.6) is 0 Å². The van der Waals surface area contributed by atoms with Crippen LogP contribution in [0, 0.1) is 5.92 Å². The van der Waals surface area contributed by atoms with Crippen LogP contribution >= 0.6 is 0 Å². The Labute approximate surface area is 125 Å². The van der Waals surface area contributed by atoms with Crippen LogP contribution in [0.2, 0.25) is 0 Å². The lowest BCUT2D eigenvalue weighted by Crippen LogP contribution is -2.28. The van der Waals surface area contributed by atoms with Crippen molar-refractivity contribution in [1.82, 2.24) is 10.1 Å². The molecule has 3 unspecified atom stereocenters. The average Bonchev–Trinajstić information content (AvgIpc) is 3.04. The molecule has 1 aliphatic carbocycles.